The number of hydrogen-bond acceptors (Lipinski definition) is 4. The summed E-state index contributed by atoms with van der Waals surface area (Å²) >= 11 is 5.82. The van der Waals surface area contributed by atoms with E-state index < -0.39 is 16.9 Å². The molecule has 0 spiro atoms. The van der Waals surface area contributed by atoms with Crippen LogP contribution < -0.4 is 5.32 Å². The lowest BCUT2D eigenvalue weighted by atomic mass is 10.1. The highest BCUT2D eigenvalue weighted by Gasteiger charge is 2.32. The minimum atomic E-state index is -0.608. The molecule has 2 amide bonds. The van der Waals surface area contributed by atoms with Crippen molar-refractivity contribution in [2.24, 2.45) is 0 Å². The number of carbonyl (C=O) groups excluding carboxylic acids is 2. The smallest absolute Gasteiger partial charge is 0.271 e. The molecule has 0 bridgehead atoms. The van der Waals surface area contributed by atoms with Crippen molar-refractivity contribution in [3.63, 3.8) is 0 Å². The second-order valence-corrected chi connectivity index (χ2v) is 5.11. The zero-order valence-electron chi connectivity index (χ0n) is 11.3. The van der Waals surface area contributed by atoms with Gasteiger partial charge in [0.05, 0.1) is 4.92 Å². The highest BCUT2D eigenvalue weighted by atomic mass is 35.5. The van der Waals surface area contributed by atoms with Crippen LogP contribution in [-0.2, 0) is 4.79 Å². The quantitative estimate of drug-likeness (QED) is 0.678. The Labute approximate surface area is 126 Å². The van der Waals surface area contributed by atoms with E-state index in [0.29, 0.717) is 19.5 Å². The van der Waals surface area contributed by atoms with Gasteiger partial charge in [0.1, 0.15) is 6.04 Å². The van der Waals surface area contributed by atoms with Crippen LogP contribution in [0.4, 0.5) is 5.69 Å². The van der Waals surface area contributed by atoms with E-state index in [1.807, 2.05) is 0 Å². The first kappa shape index (κ1) is 15.2. The van der Waals surface area contributed by atoms with Crippen molar-refractivity contribution in [2.45, 2.75) is 19.4 Å². The number of rotatable bonds is 3. The zero-order valence-corrected chi connectivity index (χ0v) is 12.1. The highest BCUT2D eigenvalue weighted by molar-refractivity contribution is 6.31. The van der Waals surface area contributed by atoms with Gasteiger partial charge in [-0.2, -0.15) is 0 Å². The first-order chi connectivity index (χ1) is 9.93. The van der Waals surface area contributed by atoms with Crippen molar-refractivity contribution < 1.29 is 14.5 Å². The summed E-state index contributed by atoms with van der Waals surface area (Å²) in [6.45, 7) is 2.53. The number of piperazine rings is 1. The Kier molecular flexibility index (Phi) is 4.42. The molecule has 1 N–H and O–H groups in total. The third-order valence-corrected chi connectivity index (χ3v) is 3.54. The van der Waals surface area contributed by atoms with Crippen molar-refractivity contribution in [2.75, 3.05) is 13.1 Å². The van der Waals surface area contributed by atoms with Crippen LogP contribution in [0.1, 0.15) is 23.7 Å². The van der Waals surface area contributed by atoms with E-state index in [1.165, 1.54) is 23.1 Å². The van der Waals surface area contributed by atoms with Gasteiger partial charge in [-0.3, -0.25) is 19.7 Å². The second kappa shape index (κ2) is 6.09. The van der Waals surface area contributed by atoms with Crippen LogP contribution in [0.2, 0.25) is 5.02 Å². The lowest BCUT2D eigenvalue weighted by molar-refractivity contribution is -0.384. The lowest BCUT2D eigenvalue weighted by Gasteiger charge is -2.34. The minimum Gasteiger partial charge on any atom is -0.353 e. The van der Waals surface area contributed by atoms with Gasteiger partial charge < -0.3 is 10.2 Å². The van der Waals surface area contributed by atoms with Crippen LogP contribution in [0.25, 0.3) is 0 Å². The van der Waals surface area contributed by atoms with Crippen LogP contribution in [0.3, 0.4) is 0 Å². The Hall–Kier alpha value is -2.15. The van der Waals surface area contributed by atoms with Gasteiger partial charge in [-0.05, 0) is 12.5 Å². The number of amides is 2. The molecule has 1 fully saturated rings. The maximum atomic E-state index is 12.5. The minimum absolute atomic E-state index is 0.113. The molecule has 112 valence electrons. The largest absolute Gasteiger partial charge is 0.353 e. The van der Waals surface area contributed by atoms with Gasteiger partial charge in [0, 0.05) is 35.8 Å². The zero-order chi connectivity index (χ0) is 15.6. The molecule has 7 nitrogen and oxygen atoms in total. The summed E-state index contributed by atoms with van der Waals surface area (Å²) in [4.78, 5) is 35.9. The maximum Gasteiger partial charge on any atom is 0.271 e. The maximum absolute atomic E-state index is 12.5. The molecule has 1 aliphatic heterocycles. The Morgan fingerprint density at radius 2 is 2.24 bits per heavy atom. The van der Waals surface area contributed by atoms with Gasteiger partial charge in [0.15, 0.2) is 0 Å². The normalized spacial score (nSPS) is 18.3. The van der Waals surface area contributed by atoms with Gasteiger partial charge in [-0.15, -0.1) is 0 Å². The Morgan fingerprint density at radius 3 is 2.86 bits per heavy atom. The summed E-state index contributed by atoms with van der Waals surface area (Å²) in [5.74, 6) is -0.643. The SMILES string of the molecule is CCC1C(=O)NCCN1C(=O)c1cc(Cl)cc([N+](=O)[O-])c1. The van der Waals surface area contributed by atoms with Crippen LogP contribution >= 0.6 is 11.6 Å². The number of hydrogen-bond donors (Lipinski definition) is 1. The van der Waals surface area contributed by atoms with E-state index in [-0.39, 0.29) is 22.2 Å². The number of carbonyl (C=O) groups is 2. The molecular formula is C13H14ClN3O4. The molecule has 2 rings (SSSR count). The molecular weight excluding hydrogens is 298 g/mol. The topological polar surface area (TPSA) is 92.6 Å². The molecule has 1 atom stereocenters. The summed E-state index contributed by atoms with van der Waals surface area (Å²) in [7, 11) is 0. The number of nitrogens with one attached hydrogen (secondary N) is 1. The van der Waals surface area contributed by atoms with Gasteiger partial charge in [0.2, 0.25) is 5.91 Å². The molecule has 1 aliphatic rings. The van der Waals surface area contributed by atoms with Gasteiger partial charge >= 0.3 is 0 Å². The van der Waals surface area contributed by atoms with Crippen molar-refractivity contribution >= 4 is 29.1 Å². The van der Waals surface area contributed by atoms with Crippen molar-refractivity contribution in [3.8, 4) is 0 Å². The van der Waals surface area contributed by atoms with Gasteiger partial charge in [0.25, 0.3) is 11.6 Å². The molecule has 1 unspecified atom stereocenters. The molecule has 0 aromatic heterocycles. The fourth-order valence-corrected chi connectivity index (χ4v) is 2.56. The number of non-ortho nitro benzene ring substituents is 1. The Bertz CT molecular complexity index is 605. The standard InChI is InChI=1S/C13H14ClN3O4/c1-2-11-12(18)15-3-4-16(11)13(19)8-5-9(14)7-10(6-8)17(20)21/h5-7,11H,2-4H2,1H3,(H,15,18). The number of nitro benzene ring substituents is 1. The molecule has 1 heterocycles. The van der Waals surface area contributed by atoms with E-state index in [9.17, 15) is 19.7 Å². The first-order valence-electron chi connectivity index (χ1n) is 6.47. The number of nitro groups is 1. The van der Waals surface area contributed by atoms with E-state index >= 15 is 0 Å². The first-order valence-corrected chi connectivity index (χ1v) is 6.85. The third-order valence-electron chi connectivity index (χ3n) is 3.32. The molecule has 0 saturated carbocycles. The van der Waals surface area contributed by atoms with Crippen LogP contribution in [0.15, 0.2) is 18.2 Å². The van der Waals surface area contributed by atoms with Crippen molar-refractivity contribution in [1.82, 2.24) is 10.2 Å². The molecule has 21 heavy (non-hydrogen) atoms. The number of benzene rings is 1. The van der Waals surface area contributed by atoms with Crippen molar-refractivity contribution in [3.05, 3.63) is 38.9 Å². The number of nitrogens with zero attached hydrogens (tertiary/aromatic N) is 2. The summed E-state index contributed by atoms with van der Waals surface area (Å²) in [6.07, 6.45) is 0.472. The molecule has 1 saturated heterocycles. The fourth-order valence-electron chi connectivity index (χ4n) is 2.33. The Balaban J connectivity index is 2.34. The second-order valence-electron chi connectivity index (χ2n) is 4.67. The summed E-state index contributed by atoms with van der Waals surface area (Å²) in [5, 5.41) is 13.6. The molecule has 0 radical (unpaired) electrons. The van der Waals surface area contributed by atoms with Crippen LogP contribution in [0.5, 0.6) is 0 Å². The van der Waals surface area contributed by atoms with Gasteiger partial charge in [-0.25, -0.2) is 0 Å². The number of halogens is 1. The van der Waals surface area contributed by atoms with Crippen LogP contribution in [-0.4, -0.2) is 40.8 Å². The molecule has 1 aromatic rings. The highest BCUT2D eigenvalue weighted by Crippen LogP contribution is 2.23. The Morgan fingerprint density at radius 1 is 1.52 bits per heavy atom. The molecule has 1 aromatic carbocycles. The molecule has 0 aliphatic carbocycles. The summed E-state index contributed by atoms with van der Waals surface area (Å²) in [5.41, 5.74) is -0.136. The monoisotopic (exact) mass is 311 g/mol. The molecule has 8 heteroatoms. The van der Waals surface area contributed by atoms with E-state index in [1.54, 1.807) is 6.92 Å². The predicted octanol–water partition coefficient (Wildman–Crippen LogP) is 1.60. The van der Waals surface area contributed by atoms with Gasteiger partial charge in [-0.1, -0.05) is 18.5 Å². The average molecular weight is 312 g/mol. The lowest BCUT2D eigenvalue weighted by Crippen LogP contribution is -2.56. The predicted molar refractivity (Wildman–Crippen MR) is 76.2 cm³/mol. The van der Waals surface area contributed by atoms with Crippen molar-refractivity contribution in [1.29, 1.82) is 0 Å². The van der Waals surface area contributed by atoms with E-state index in [0.717, 1.165) is 0 Å². The average Bonchev–Trinajstić information content (AvgIpc) is 2.45. The third kappa shape index (κ3) is 3.13. The van der Waals surface area contributed by atoms with E-state index in [4.69, 9.17) is 11.6 Å². The van der Waals surface area contributed by atoms with Crippen LogP contribution in [0, 0.1) is 10.1 Å². The summed E-state index contributed by atoms with van der Waals surface area (Å²) < 4.78 is 0. The fraction of sp³-hybridized carbons (Fsp3) is 0.385. The van der Waals surface area contributed by atoms with E-state index in [2.05, 4.69) is 5.32 Å². The summed E-state index contributed by atoms with van der Waals surface area (Å²) in [6, 6.07) is 3.16.